The quantitative estimate of drug-likeness (QED) is 0.420. The van der Waals surface area contributed by atoms with E-state index < -0.39 is 5.60 Å². The number of aromatic nitrogens is 4. The molecule has 0 unspecified atom stereocenters. The number of anilines is 2. The van der Waals surface area contributed by atoms with Gasteiger partial charge in [0.25, 0.3) is 5.91 Å². The first-order valence-electron chi connectivity index (χ1n) is 12.5. The van der Waals surface area contributed by atoms with Crippen LogP contribution in [0.2, 0.25) is 0 Å². The van der Waals surface area contributed by atoms with Crippen LogP contribution in [-0.2, 0) is 4.74 Å². The number of benzene rings is 1. The first kappa shape index (κ1) is 24.5. The molecule has 4 heterocycles. The Kier molecular flexibility index (Phi) is 6.64. The van der Waals surface area contributed by atoms with Gasteiger partial charge in [0.05, 0.1) is 23.1 Å². The van der Waals surface area contributed by atoms with Crippen molar-refractivity contribution in [3.05, 3.63) is 60.7 Å². The van der Waals surface area contributed by atoms with Gasteiger partial charge in [0, 0.05) is 43.6 Å². The minimum absolute atomic E-state index is 0.269. The minimum Gasteiger partial charge on any atom is -0.444 e. The van der Waals surface area contributed by atoms with E-state index in [0.717, 1.165) is 42.5 Å². The van der Waals surface area contributed by atoms with Crippen LogP contribution in [-0.4, -0.2) is 56.8 Å². The van der Waals surface area contributed by atoms with E-state index in [2.05, 4.69) is 30.6 Å². The highest BCUT2D eigenvalue weighted by Gasteiger charge is 2.24. The summed E-state index contributed by atoms with van der Waals surface area (Å²) < 4.78 is 6.93. The van der Waals surface area contributed by atoms with Crippen LogP contribution in [0.3, 0.4) is 0 Å². The van der Waals surface area contributed by atoms with Crippen LogP contribution >= 0.6 is 0 Å². The predicted molar refractivity (Wildman–Crippen MR) is 142 cm³/mol. The Balaban J connectivity index is 1.32. The summed E-state index contributed by atoms with van der Waals surface area (Å²) >= 11 is 0. The molecular weight excluding hydrogens is 470 g/mol. The Bertz CT molecular complexity index is 1430. The average Bonchev–Trinajstić information content (AvgIpc) is 3.31. The lowest BCUT2D eigenvalue weighted by atomic mass is 9.96. The second-order valence-electron chi connectivity index (χ2n) is 10.3. The van der Waals surface area contributed by atoms with Crippen molar-refractivity contribution in [3.8, 4) is 0 Å². The van der Waals surface area contributed by atoms with Gasteiger partial charge >= 0.3 is 6.09 Å². The molecular formula is C27H31N7O3. The van der Waals surface area contributed by atoms with Gasteiger partial charge in [-0.1, -0.05) is 6.07 Å². The summed E-state index contributed by atoms with van der Waals surface area (Å²) in [5.41, 5.74) is 2.89. The molecule has 37 heavy (non-hydrogen) atoms. The van der Waals surface area contributed by atoms with Gasteiger partial charge in [-0.15, -0.1) is 0 Å². The highest BCUT2D eigenvalue weighted by atomic mass is 16.6. The number of fused-ring (bicyclic) bond motifs is 2. The maximum atomic E-state index is 13.3. The molecule has 1 aliphatic heterocycles. The fourth-order valence-corrected chi connectivity index (χ4v) is 4.57. The lowest BCUT2D eigenvalue weighted by Crippen LogP contribution is -2.40. The van der Waals surface area contributed by atoms with Gasteiger partial charge < -0.3 is 20.3 Å². The number of pyridine rings is 1. The van der Waals surface area contributed by atoms with E-state index in [1.54, 1.807) is 29.2 Å². The second-order valence-corrected chi connectivity index (χ2v) is 10.3. The van der Waals surface area contributed by atoms with E-state index in [0.29, 0.717) is 29.4 Å². The Hall–Kier alpha value is -4.21. The maximum Gasteiger partial charge on any atom is 0.407 e. The lowest BCUT2D eigenvalue weighted by Gasteiger charge is -2.35. The highest BCUT2D eigenvalue weighted by molar-refractivity contribution is 6.10. The zero-order valence-corrected chi connectivity index (χ0v) is 21.3. The van der Waals surface area contributed by atoms with Gasteiger partial charge in [0.15, 0.2) is 5.65 Å². The van der Waals surface area contributed by atoms with Crippen molar-refractivity contribution in [2.45, 2.75) is 39.2 Å². The molecule has 1 fully saturated rings. The maximum absolute atomic E-state index is 13.3. The zero-order valence-electron chi connectivity index (χ0n) is 21.3. The molecule has 0 radical (unpaired) electrons. The normalized spacial score (nSPS) is 14.6. The summed E-state index contributed by atoms with van der Waals surface area (Å²) in [6.45, 7) is 7.72. The van der Waals surface area contributed by atoms with Crippen LogP contribution in [0.5, 0.6) is 0 Å². The van der Waals surface area contributed by atoms with Gasteiger partial charge in [0.2, 0.25) is 0 Å². The van der Waals surface area contributed by atoms with Crippen molar-refractivity contribution in [2.24, 2.45) is 5.92 Å². The number of carbonyl (C=O) groups excluding carboxylic acids is 2. The number of hydrogen-bond donors (Lipinski definition) is 2. The van der Waals surface area contributed by atoms with Crippen LogP contribution in [0.25, 0.3) is 16.6 Å². The van der Waals surface area contributed by atoms with E-state index in [9.17, 15) is 9.59 Å². The van der Waals surface area contributed by atoms with Crippen LogP contribution in [0.15, 0.2) is 55.1 Å². The molecule has 1 saturated heterocycles. The summed E-state index contributed by atoms with van der Waals surface area (Å²) in [7, 11) is 0. The Morgan fingerprint density at radius 3 is 2.68 bits per heavy atom. The van der Waals surface area contributed by atoms with Gasteiger partial charge in [0.1, 0.15) is 11.2 Å². The molecule has 2 N–H and O–H groups in total. The van der Waals surface area contributed by atoms with Crippen molar-refractivity contribution in [1.82, 2.24) is 24.9 Å². The standard InChI is InChI=1S/C27H31N7O3/c1-27(2,3)37-26(36)30-16-18-7-12-33(13-8-18)23-15-21-19(6-4-9-28-21)14-22(23)32-25(35)20-17-31-34-11-5-10-29-24(20)34/h4-6,9-11,14-15,17-18H,7-8,12-13,16H2,1-3H3,(H,30,36)(H,32,35). The number of hydrogen-bond acceptors (Lipinski definition) is 7. The van der Waals surface area contributed by atoms with Gasteiger partial charge in [-0.3, -0.25) is 9.78 Å². The van der Waals surface area contributed by atoms with Crippen molar-refractivity contribution in [2.75, 3.05) is 29.9 Å². The number of rotatable bonds is 5. The number of alkyl carbamates (subject to hydrolysis) is 1. The summed E-state index contributed by atoms with van der Waals surface area (Å²) in [4.78, 5) is 36.4. The molecule has 0 aliphatic carbocycles. The Morgan fingerprint density at radius 1 is 1.11 bits per heavy atom. The fourth-order valence-electron chi connectivity index (χ4n) is 4.57. The molecule has 0 bridgehead atoms. The van der Waals surface area contributed by atoms with Crippen molar-refractivity contribution >= 4 is 39.9 Å². The molecule has 4 aromatic rings. The lowest BCUT2D eigenvalue weighted by molar-refractivity contribution is 0.0516. The zero-order chi connectivity index (χ0) is 26.0. The van der Waals surface area contributed by atoms with Gasteiger partial charge in [-0.25, -0.2) is 14.3 Å². The summed E-state index contributed by atoms with van der Waals surface area (Å²) in [6.07, 6.45) is 8.12. The number of ether oxygens (including phenoxy) is 1. The molecule has 2 amide bonds. The average molecular weight is 502 g/mol. The molecule has 10 heteroatoms. The van der Waals surface area contributed by atoms with Crippen molar-refractivity contribution in [3.63, 3.8) is 0 Å². The van der Waals surface area contributed by atoms with Crippen LogP contribution in [0, 0.1) is 5.92 Å². The third kappa shape index (κ3) is 5.63. The fraction of sp³-hybridized carbons (Fsp3) is 0.370. The highest BCUT2D eigenvalue weighted by Crippen LogP contribution is 2.34. The minimum atomic E-state index is -0.516. The first-order chi connectivity index (χ1) is 17.8. The van der Waals surface area contributed by atoms with Crippen molar-refractivity contribution in [1.29, 1.82) is 0 Å². The van der Waals surface area contributed by atoms with Gasteiger partial charge in [-0.05, 0) is 63.8 Å². The van der Waals surface area contributed by atoms with E-state index in [-0.39, 0.29) is 12.0 Å². The summed E-state index contributed by atoms with van der Waals surface area (Å²) in [5, 5.41) is 11.2. The first-order valence-corrected chi connectivity index (χ1v) is 12.5. The van der Waals surface area contributed by atoms with Crippen LogP contribution in [0.1, 0.15) is 44.0 Å². The van der Waals surface area contributed by atoms with E-state index in [4.69, 9.17) is 4.74 Å². The molecule has 10 nitrogen and oxygen atoms in total. The van der Waals surface area contributed by atoms with Crippen LogP contribution < -0.4 is 15.5 Å². The topological polar surface area (TPSA) is 114 Å². The Labute approximate surface area is 215 Å². The van der Waals surface area contributed by atoms with Gasteiger partial charge in [-0.2, -0.15) is 5.10 Å². The van der Waals surface area contributed by atoms with Crippen molar-refractivity contribution < 1.29 is 14.3 Å². The molecule has 1 aliphatic rings. The molecule has 5 rings (SSSR count). The number of nitrogens with zero attached hydrogens (tertiary/aromatic N) is 5. The number of carbonyl (C=O) groups is 2. The third-order valence-electron chi connectivity index (χ3n) is 6.38. The molecule has 0 saturated carbocycles. The molecule has 0 spiro atoms. The molecule has 1 aromatic carbocycles. The summed E-state index contributed by atoms with van der Waals surface area (Å²) in [6, 6.07) is 9.62. The Morgan fingerprint density at radius 2 is 1.89 bits per heavy atom. The van der Waals surface area contributed by atoms with E-state index >= 15 is 0 Å². The molecule has 0 atom stereocenters. The van der Waals surface area contributed by atoms with E-state index in [1.807, 2.05) is 45.0 Å². The largest absolute Gasteiger partial charge is 0.444 e. The molecule has 3 aromatic heterocycles. The SMILES string of the molecule is CC(C)(C)OC(=O)NCC1CCN(c2cc3ncccc3cc2NC(=O)c2cnn3cccnc23)CC1. The predicted octanol–water partition coefficient (Wildman–Crippen LogP) is 4.27. The smallest absolute Gasteiger partial charge is 0.407 e. The third-order valence-corrected chi connectivity index (χ3v) is 6.38. The second kappa shape index (κ2) is 10.0. The van der Waals surface area contributed by atoms with Crippen LogP contribution in [0.4, 0.5) is 16.2 Å². The number of amides is 2. The number of nitrogens with one attached hydrogen (secondary N) is 2. The summed E-state index contributed by atoms with van der Waals surface area (Å²) in [5.74, 6) is 0.0832. The molecule has 192 valence electrons. The monoisotopic (exact) mass is 501 g/mol. The van der Waals surface area contributed by atoms with E-state index in [1.165, 1.54) is 6.20 Å². The number of piperidine rings is 1.